The van der Waals surface area contributed by atoms with Crippen molar-refractivity contribution in [1.29, 1.82) is 0 Å². The number of ether oxygens (including phenoxy) is 1. The van der Waals surface area contributed by atoms with Crippen molar-refractivity contribution in [3.05, 3.63) is 42.0 Å². The number of rotatable bonds is 6. The number of carbonyl (C=O) groups is 1. The van der Waals surface area contributed by atoms with Gasteiger partial charge < -0.3 is 14.9 Å². The first-order chi connectivity index (χ1) is 9.34. The number of hydrogen-bond donors (Lipinski definition) is 2. The lowest BCUT2D eigenvalue weighted by atomic mass is 9.93. The molecule has 1 rings (SSSR count). The summed E-state index contributed by atoms with van der Waals surface area (Å²) in [6.07, 6.45) is 1.41. The van der Waals surface area contributed by atoms with Crippen molar-refractivity contribution < 1.29 is 19.7 Å². The number of benzene rings is 1. The summed E-state index contributed by atoms with van der Waals surface area (Å²) in [5, 5.41) is 19.6. The third-order valence-corrected chi connectivity index (χ3v) is 3.14. The first kappa shape index (κ1) is 16.4. The molecule has 0 aliphatic heterocycles. The Morgan fingerprint density at radius 2 is 1.95 bits per heavy atom. The van der Waals surface area contributed by atoms with Gasteiger partial charge in [-0.2, -0.15) is 0 Å². The molecule has 0 aliphatic rings. The smallest absolute Gasteiger partial charge is 0.330 e. The third kappa shape index (κ3) is 5.15. The molecule has 0 bridgehead atoms. The van der Waals surface area contributed by atoms with Crippen LogP contribution in [0.2, 0.25) is 0 Å². The van der Waals surface area contributed by atoms with Crippen LogP contribution >= 0.6 is 0 Å². The normalized spacial score (nSPS) is 13.9. The van der Waals surface area contributed by atoms with Crippen LogP contribution in [0.4, 0.5) is 0 Å². The van der Waals surface area contributed by atoms with Gasteiger partial charge in [-0.1, -0.05) is 30.3 Å². The van der Waals surface area contributed by atoms with Gasteiger partial charge in [0.15, 0.2) is 0 Å². The van der Waals surface area contributed by atoms with Crippen LogP contribution in [0.3, 0.4) is 0 Å². The van der Waals surface area contributed by atoms with Gasteiger partial charge >= 0.3 is 5.97 Å². The monoisotopic (exact) mass is 278 g/mol. The van der Waals surface area contributed by atoms with Crippen molar-refractivity contribution in [2.75, 3.05) is 7.11 Å². The predicted molar refractivity (Wildman–Crippen MR) is 78.0 cm³/mol. The molecule has 0 spiro atoms. The van der Waals surface area contributed by atoms with Gasteiger partial charge in [0.05, 0.1) is 18.8 Å². The summed E-state index contributed by atoms with van der Waals surface area (Å²) >= 11 is 0. The molecular weight excluding hydrogens is 256 g/mol. The maximum atomic E-state index is 11.4. The van der Waals surface area contributed by atoms with Gasteiger partial charge in [0, 0.05) is 6.08 Å². The van der Waals surface area contributed by atoms with Crippen LogP contribution in [0.25, 0.3) is 5.57 Å². The van der Waals surface area contributed by atoms with Gasteiger partial charge in [-0.05, 0) is 37.8 Å². The Hall–Kier alpha value is -1.65. The van der Waals surface area contributed by atoms with Gasteiger partial charge in [0.2, 0.25) is 0 Å². The van der Waals surface area contributed by atoms with Gasteiger partial charge in [0.1, 0.15) is 0 Å². The summed E-state index contributed by atoms with van der Waals surface area (Å²) in [6.45, 7) is 3.12. The van der Waals surface area contributed by atoms with E-state index in [4.69, 9.17) is 0 Å². The Labute approximate surface area is 119 Å². The standard InChI is InChI=1S/C16H22O4/c1-16(2,19)14(17)10-9-13(11-15(18)20-3)12-7-5-4-6-8-12/h4-8,11,14,17,19H,9-10H2,1-3H3/b13-11+/t14-/m1/s1. The highest BCUT2D eigenvalue weighted by atomic mass is 16.5. The highest BCUT2D eigenvalue weighted by Gasteiger charge is 2.24. The van der Waals surface area contributed by atoms with E-state index in [1.54, 1.807) is 13.8 Å². The number of esters is 1. The second kappa shape index (κ2) is 7.22. The zero-order chi connectivity index (χ0) is 15.2. The minimum absolute atomic E-state index is 0.362. The van der Waals surface area contributed by atoms with Crippen molar-refractivity contribution in [3.8, 4) is 0 Å². The molecule has 1 aromatic carbocycles. The van der Waals surface area contributed by atoms with E-state index >= 15 is 0 Å². The van der Waals surface area contributed by atoms with Gasteiger partial charge in [-0.15, -0.1) is 0 Å². The molecule has 2 N–H and O–H groups in total. The summed E-state index contributed by atoms with van der Waals surface area (Å²) in [4.78, 5) is 11.4. The van der Waals surface area contributed by atoms with Crippen molar-refractivity contribution in [1.82, 2.24) is 0 Å². The van der Waals surface area contributed by atoms with E-state index in [0.29, 0.717) is 12.8 Å². The zero-order valence-corrected chi connectivity index (χ0v) is 12.2. The molecule has 0 heterocycles. The van der Waals surface area contributed by atoms with Crippen molar-refractivity contribution in [3.63, 3.8) is 0 Å². The van der Waals surface area contributed by atoms with E-state index in [1.807, 2.05) is 30.3 Å². The fourth-order valence-electron chi connectivity index (χ4n) is 1.80. The lowest BCUT2D eigenvalue weighted by Gasteiger charge is -2.24. The predicted octanol–water partition coefficient (Wildman–Crippen LogP) is 2.16. The highest BCUT2D eigenvalue weighted by Crippen LogP contribution is 2.23. The summed E-state index contributed by atoms with van der Waals surface area (Å²) in [6, 6.07) is 9.45. The molecule has 0 amide bonds. The molecule has 0 fully saturated rings. The van der Waals surface area contributed by atoms with Gasteiger partial charge in [-0.25, -0.2) is 4.79 Å². The molecule has 4 nitrogen and oxygen atoms in total. The second-order valence-corrected chi connectivity index (χ2v) is 5.27. The lowest BCUT2D eigenvalue weighted by molar-refractivity contribution is -0.134. The molecule has 0 aliphatic carbocycles. The molecule has 0 saturated carbocycles. The van der Waals surface area contributed by atoms with Crippen molar-refractivity contribution in [2.24, 2.45) is 0 Å². The van der Waals surface area contributed by atoms with E-state index in [9.17, 15) is 15.0 Å². The number of hydrogen-bond acceptors (Lipinski definition) is 4. The second-order valence-electron chi connectivity index (χ2n) is 5.27. The Morgan fingerprint density at radius 1 is 1.35 bits per heavy atom. The minimum atomic E-state index is -1.16. The molecule has 0 unspecified atom stereocenters. The highest BCUT2D eigenvalue weighted by molar-refractivity contribution is 5.91. The molecule has 4 heteroatoms. The molecule has 0 saturated heterocycles. The number of allylic oxidation sites excluding steroid dienone is 1. The van der Waals surface area contributed by atoms with Crippen LogP contribution < -0.4 is 0 Å². The summed E-state index contributed by atoms with van der Waals surface area (Å²) in [5.74, 6) is -0.429. The molecule has 0 radical (unpaired) electrons. The maximum absolute atomic E-state index is 11.4. The van der Waals surface area contributed by atoms with Crippen molar-refractivity contribution >= 4 is 11.5 Å². The number of methoxy groups -OCH3 is 1. The zero-order valence-electron chi connectivity index (χ0n) is 12.2. The van der Waals surface area contributed by atoms with Crippen LogP contribution in [0.15, 0.2) is 36.4 Å². The van der Waals surface area contributed by atoms with Crippen LogP contribution in [-0.2, 0) is 9.53 Å². The SMILES string of the molecule is COC(=O)/C=C(\CC[C@@H](O)C(C)(C)O)c1ccccc1. The number of carbonyl (C=O) groups excluding carboxylic acids is 1. The molecule has 1 atom stereocenters. The first-order valence-corrected chi connectivity index (χ1v) is 6.59. The van der Waals surface area contributed by atoms with E-state index in [2.05, 4.69) is 4.74 Å². The minimum Gasteiger partial charge on any atom is -0.466 e. The lowest BCUT2D eigenvalue weighted by Crippen LogP contribution is -2.35. The Morgan fingerprint density at radius 3 is 2.45 bits per heavy atom. The Kier molecular flexibility index (Phi) is 5.92. The van der Waals surface area contributed by atoms with Crippen LogP contribution in [0.5, 0.6) is 0 Å². The van der Waals surface area contributed by atoms with Crippen LogP contribution in [0, 0.1) is 0 Å². The largest absolute Gasteiger partial charge is 0.466 e. The van der Waals surface area contributed by atoms with Crippen molar-refractivity contribution in [2.45, 2.75) is 38.4 Å². The van der Waals surface area contributed by atoms with E-state index in [-0.39, 0.29) is 0 Å². The topological polar surface area (TPSA) is 66.8 Å². The third-order valence-electron chi connectivity index (χ3n) is 3.14. The van der Waals surface area contributed by atoms with Crippen LogP contribution in [-0.4, -0.2) is 35.0 Å². The first-order valence-electron chi connectivity index (χ1n) is 6.59. The average Bonchev–Trinajstić information content (AvgIpc) is 2.42. The molecular formula is C16H22O4. The summed E-state index contributed by atoms with van der Waals surface area (Å²) in [5.41, 5.74) is 0.522. The average molecular weight is 278 g/mol. The Balaban J connectivity index is 2.86. The maximum Gasteiger partial charge on any atom is 0.330 e. The van der Waals surface area contributed by atoms with E-state index in [1.165, 1.54) is 13.2 Å². The van der Waals surface area contributed by atoms with E-state index < -0.39 is 17.7 Å². The van der Waals surface area contributed by atoms with E-state index in [0.717, 1.165) is 11.1 Å². The number of aliphatic hydroxyl groups excluding tert-OH is 1. The number of aliphatic hydroxyl groups is 2. The summed E-state index contributed by atoms with van der Waals surface area (Å²) < 4.78 is 4.65. The fraction of sp³-hybridized carbons (Fsp3) is 0.438. The van der Waals surface area contributed by atoms with Gasteiger partial charge in [0.25, 0.3) is 0 Å². The Bertz CT molecular complexity index is 457. The fourth-order valence-corrected chi connectivity index (χ4v) is 1.80. The summed E-state index contributed by atoms with van der Waals surface area (Å²) in [7, 11) is 1.33. The molecule has 0 aromatic heterocycles. The molecule has 20 heavy (non-hydrogen) atoms. The van der Waals surface area contributed by atoms with Gasteiger partial charge in [-0.3, -0.25) is 0 Å². The quantitative estimate of drug-likeness (QED) is 0.618. The van der Waals surface area contributed by atoms with Crippen LogP contribution in [0.1, 0.15) is 32.3 Å². The molecule has 1 aromatic rings. The molecule has 110 valence electrons.